The Hall–Kier alpha value is -4.30. The molecule has 0 saturated carbocycles. The third kappa shape index (κ3) is 6.57. The Labute approximate surface area is 269 Å². The minimum Gasteiger partial charge on any atom is -0.373 e. The number of anilines is 3. The van der Waals surface area contributed by atoms with E-state index in [1.165, 1.54) is 36.5 Å². The van der Waals surface area contributed by atoms with Crippen LogP contribution in [0.2, 0.25) is 10.0 Å². The van der Waals surface area contributed by atoms with Gasteiger partial charge in [-0.15, -0.1) is 5.10 Å². The lowest BCUT2D eigenvalue weighted by atomic mass is 10.0. The molecule has 2 N–H and O–H groups in total. The van der Waals surface area contributed by atoms with Gasteiger partial charge in [-0.1, -0.05) is 40.5 Å². The number of rotatable bonds is 8. The molecule has 8 nitrogen and oxygen atoms in total. The van der Waals surface area contributed by atoms with Gasteiger partial charge in [-0.25, -0.2) is 13.5 Å². The van der Waals surface area contributed by atoms with Crippen molar-refractivity contribution in [2.24, 2.45) is 0 Å². The Morgan fingerprint density at radius 3 is 2.40 bits per heavy atom. The minimum absolute atomic E-state index is 0.0575. The van der Waals surface area contributed by atoms with Gasteiger partial charge in [0.1, 0.15) is 23.4 Å². The highest BCUT2D eigenvalue weighted by atomic mass is 35.5. The van der Waals surface area contributed by atoms with E-state index < -0.39 is 11.9 Å². The highest BCUT2D eigenvalue weighted by Gasteiger charge is 2.25. The molecule has 1 fully saturated rings. The maximum absolute atomic E-state index is 13.9. The molecule has 0 amide bonds. The second kappa shape index (κ2) is 13.0. The predicted molar refractivity (Wildman–Crippen MR) is 173 cm³/mol. The molecule has 1 saturated heterocycles. The van der Waals surface area contributed by atoms with E-state index in [9.17, 15) is 14.0 Å². The van der Waals surface area contributed by atoms with Crippen LogP contribution in [0.25, 0.3) is 10.9 Å². The van der Waals surface area contributed by atoms with Gasteiger partial charge in [0.25, 0.3) is 0 Å². The van der Waals surface area contributed by atoms with Gasteiger partial charge in [0.15, 0.2) is 0 Å². The number of fused-ring (bicyclic) bond motifs is 1. The van der Waals surface area contributed by atoms with E-state index in [0.29, 0.717) is 44.7 Å². The number of aromatic nitrogens is 4. The number of nitrogens with zero attached hydrogens (tertiary/aromatic N) is 6. The summed E-state index contributed by atoms with van der Waals surface area (Å²) < 4.78 is 29.7. The van der Waals surface area contributed by atoms with E-state index in [4.69, 9.17) is 23.2 Å². The zero-order valence-corrected chi connectivity index (χ0v) is 26.1. The van der Waals surface area contributed by atoms with E-state index in [0.717, 1.165) is 31.5 Å². The molecular formula is C33H30Cl2F2N8. The van der Waals surface area contributed by atoms with E-state index in [2.05, 4.69) is 50.7 Å². The lowest BCUT2D eigenvalue weighted by Crippen LogP contribution is -2.39. The number of nitriles is 1. The normalized spacial score (nSPS) is 14.9. The molecule has 0 aliphatic carbocycles. The fourth-order valence-electron chi connectivity index (χ4n) is 5.70. The van der Waals surface area contributed by atoms with Crippen molar-refractivity contribution in [3.63, 3.8) is 0 Å². The van der Waals surface area contributed by atoms with Crippen molar-refractivity contribution >= 4 is 51.2 Å². The third-order valence-corrected chi connectivity index (χ3v) is 8.75. The van der Waals surface area contributed by atoms with E-state index in [-0.39, 0.29) is 22.4 Å². The topological polar surface area (TPSA) is 94.7 Å². The lowest BCUT2D eigenvalue weighted by molar-refractivity contribution is 0.146. The Morgan fingerprint density at radius 1 is 0.978 bits per heavy atom. The Kier molecular flexibility index (Phi) is 8.85. The molecule has 0 radical (unpaired) electrons. The van der Waals surface area contributed by atoms with Gasteiger partial charge in [0.05, 0.1) is 45.1 Å². The molecule has 0 spiro atoms. The number of piperidine rings is 1. The number of hydrogen-bond donors (Lipinski definition) is 2. The van der Waals surface area contributed by atoms with Crippen LogP contribution >= 0.6 is 23.2 Å². The van der Waals surface area contributed by atoms with Crippen molar-refractivity contribution in [2.75, 3.05) is 23.7 Å². The van der Waals surface area contributed by atoms with Crippen molar-refractivity contribution in [1.82, 2.24) is 24.9 Å². The molecule has 1 aliphatic heterocycles. The highest BCUT2D eigenvalue weighted by molar-refractivity contribution is 6.36. The second-order valence-corrected chi connectivity index (χ2v) is 12.2. The maximum Gasteiger partial charge on any atom is 0.141 e. The summed E-state index contributed by atoms with van der Waals surface area (Å²) in [5.74, 6) is -0.903. The molecule has 3 heterocycles. The van der Waals surface area contributed by atoms with Crippen LogP contribution in [0.5, 0.6) is 0 Å². The first-order valence-electron chi connectivity index (χ1n) is 14.6. The van der Waals surface area contributed by atoms with Crippen molar-refractivity contribution in [3.8, 4) is 6.07 Å². The van der Waals surface area contributed by atoms with Gasteiger partial charge >= 0.3 is 0 Å². The molecule has 6 rings (SSSR count). The first-order chi connectivity index (χ1) is 21.7. The summed E-state index contributed by atoms with van der Waals surface area (Å²) in [5.41, 5.74) is 3.70. The molecule has 45 heavy (non-hydrogen) atoms. The molecule has 230 valence electrons. The summed E-state index contributed by atoms with van der Waals surface area (Å²) in [7, 11) is 0. The average Bonchev–Trinajstić information content (AvgIpc) is 3.53. The predicted octanol–water partition coefficient (Wildman–Crippen LogP) is 8.27. The second-order valence-electron chi connectivity index (χ2n) is 11.4. The summed E-state index contributed by atoms with van der Waals surface area (Å²) in [6.07, 6.45) is 5.32. The first kappa shape index (κ1) is 30.7. The number of nitrogens with one attached hydrogen (secondary N) is 2. The molecule has 1 unspecified atom stereocenters. The quantitative estimate of drug-likeness (QED) is 0.175. The average molecular weight is 648 g/mol. The van der Waals surface area contributed by atoms with Crippen LogP contribution in [0.3, 0.4) is 0 Å². The number of likely N-dealkylation sites (tertiary alicyclic amines) is 1. The number of pyridine rings is 1. The van der Waals surface area contributed by atoms with Gasteiger partial charge in [-0.2, -0.15) is 5.26 Å². The molecular weight excluding hydrogens is 617 g/mol. The number of hydrogen-bond acceptors (Lipinski definition) is 7. The minimum atomic E-state index is -0.554. The highest BCUT2D eigenvalue weighted by Crippen LogP contribution is 2.37. The monoisotopic (exact) mass is 646 g/mol. The van der Waals surface area contributed by atoms with Crippen molar-refractivity contribution in [1.29, 1.82) is 5.26 Å². The van der Waals surface area contributed by atoms with Gasteiger partial charge < -0.3 is 15.5 Å². The Bertz CT molecular complexity index is 1880. The van der Waals surface area contributed by atoms with Crippen LogP contribution in [0.4, 0.5) is 25.8 Å². The van der Waals surface area contributed by atoms with Crippen LogP contribution in [0, 0.1) is 23.0 Å². The zero-order chi connectivity index (χ0) is 31.7. The summed E-state index contributed by atoms with van der Waals surface area (Å²) in [6, 6.07) is 16.4. The van der Waals surface area contributed by atoms with Crippen LogP contribution < -0.4 is 10.6 Å². The SMILES string of the molecule is CC(C)N1CCC(n2cc(C(Nc3cc(Cl)c4ncc(C#N)c(Nc5ccc(F)c(Cl)c5)c4c3)c3ccc(F)cc3)nn2)CC1. The van der Waals surface area contributed by atoms with E-state index >= 15 is 0 Å². The summed E-state index contributed by atoms with van der Waals surface area (Å²) >= 11 is 12.8. The zero-order valence-electron chi connectivity index (χ0n) is 24.6. The molecule has 2 aromatic heterocycles. The fraction of sp³-hybridized carbons (Fsp3) is 0.273. The van der Waals surface area contributed by atoms with Crippen molar-refractivity contribution < 1.29 is 8.78 Å². The molecule has 12 heteroatoms. The third-order valence-electron chi connectivity index (χ3n) is 8.18. The van der Waals surface area contributed by atoms with E-state index in [1.807, 2.05) is 16.9 Å². The fourth-order valence-corrected chi connectivity index (χ4v) is 6.15. The van der Waals surface area contributed by atoms with Crippen LogP contribution in [-0.2, 0) is 0 Å². The standard InChI is InChI=1S/C33H30Cl2F2N8/c1-19(2)44-11-9-25(10-12-44)45-18-30(42-43-45)32(20-3-5-22(36)6-4-20)41-24-13-26-31(40-23-7-8-29(37)27(34)14-23)21(16-38)17-39-33(26)28(35)15-24/h3-8,13-15,17-19,25,32,41H,9-12H2,1-2H3,(H,39,40). The smallest absolute Gasteiger partial charge is 0.141 e. The molecule has 1 atom stereocenters. The van der Waals surface area contributed by atoms with Crippen LogP contribution in [-0.4, -0.2) is 44.0 Å². The summed E-state index contributed by atoms with van der Waals surface area (Å²) in [4.78, 5) is 6.88. The number of halogens is 4. The van der Waals surface area contributed by atoms with Crippen molar-refractivity contribution in [3.05, 3.63) is 105 Å². The Morgan fingerprint density at radius 2 is 1.71 bits per heavy atom. The van der Waals surface area contributed by atoms with Gasteiger partial charge in [0, 0.05) is 42.1 Å². The molecule has 0 bridgehead atoms. The van der Waals surface area contributed by atoms with Crippen molar-refractivity contribution in [2.45, 2.75) is 44.8 Å². The summed E-state index contributed by atoms with van der Waals surface area (Å²) in [5, 5.41) is 26.5. The Balaban J connectivity index is 1.37. The maximum atomic E-state index is 13.9. The lowest BCUT2D eigenvalue weighted by Gasteiger charge is -2.34. The van der Waals surface area contributed by atoms with Crippen LogP contribution in [0.15, 0.2) is 67.0 Å². The summed E-state index contributed by atoms with van der Waals surface area (Å²) in [6.45, 7) is 6.40. The molecule has 5 aromatic rings. The molecule has 3 aromatic carbocycles. The van der Waals surface area contributed by atoms with Gasteiger partial charge in [-0.3, -0.25) is 4.98 Å². The first-order valence-corrected chi connectivity index (χ1v) is 15.4. The van der Waals surface area contributed by atoms with Gasteiger partial charge in [-0.05, 0) is 74.7 Å². The largest absolute Gasteiger partial charge is 0.373 e. The van der Waals surface area contributed by atoms with Crippen LogP contribution in [0.1, 0.15) is 55.6 Å². The van der Waals surface area contributed by atoms with Gasteiger partial charge in [0.2, 0.25) is 0 Å². The number of benzene rings is 3. The molecule has 1 aliphatic rings. The van der Waals surface area contributed by atoms with E-state index in [1.54, 1.807) is 18.2 Å².